The van der Waals surface area contributed by atoms with Gasteiger partial charge in [-0.2, -0.15) is 0 Å². The lowest BCUT2D eigenvalue weighted by atomic mass is 10.2. The molecule has 0 aromatic rings. The molecule has 1 fully saturated rings. The van der Waals surface area contributed by atoms with Crippen molar-refractivity contribution in [2.24, 2.45) is 4.99 Å². The van der Waals surface area contributed by atoms with Gasteiger partial charge in [0.15, 0.2) is 5.96 Å². The van der Waals surface area contributed by atoms with Gasteiger partial charge in [-0.1, -0.05) is 12.8 Å². The molecule has 2 N–H and O–H groups in total. The summed E-state index contributed by atoms with van der Waals surface area (Å²) in [4.78, 5) is 7.09. The van der Waals surface area contributed by atoms with Crippen molar-refractivity contribution in [3.05, 3.63) is 0 Å². The fourth-order valence-corrected chi connectivity index (χ4v) is 2.51. The van der Waals surface area contributed by atoms with Gasteiger partial charge in [-0.3, -0.25) is 4.99 Å². The Kier molecular flexibility index (Phi) is 12.5. The van der Waals surface area contributed by atoms with E-state index in [1.54, 1.807) is 0 Å². The Morgan fingerprint density at radius 3 is 2.48 bits per heavy atom. The first kappa shape index (κ1) is 21.0. The Morgan fingerprint density at radius 2 is 1.90 bits per heavy atom. The molecule has 0 aliphatic heterocycles. The largest absolute Gasteiger partial charge is 0.357 e. The van der Waals surface area contributed by atoms with E-state index in [2.05, 4.69) is 43.4 Å². The monoisotopic (exact) mass is 410 g/mol. The van der Waals surface area contributed by atoms with E-state index >= 15 is 0 Å². The van der Waals surface area contributed by atoms with Gasteiger partial charge in [-0.15, -0.1) is 24.0 Å². The zero-order valence-electron chi connectivity index (χ0n) is 14.3. The average Bonchev–Trinajstić information content (AvgIpc) is 2.91. The number of nitrogens with zero attached hydrogens (tertiary/aromatic N) is 2. The summed E-state index contributed by atoms with van der Waals surface area (Å²) >= 11 is 0. The molecule has 5 heteroatoms. The summed E-state index contributed by atoms with van der Waals surface area (Å²) < 4.78 is 0. The SMILES string of the molecule is CCNC(=NCCCCN(C)C(C)C)NC1CCCC1.I. The summed E-state index contributed by atoms with van der Waals surface area (Å²) in [5.74, 6) is 1.01. The van der Waals surface area contributed by atoms with E-state index in [9.17, 15) is 0 Å². The Bertz CT molecular complexity index is 275. The van der Waals surface area contributed by atoms with Gasteiger partial charge in [0.25, 0.3) is 0 Å². The van der Waals surface area contributed by atoms with E-state index in [0.29, 0.717) is 12.1 Å². The van der Waals surface area contributed by atoms with Gasteiger partial charge in [-0.05, 0) is 60.0 Å². The third-order valence-corrected chi connectivity index (χ3v) is 4.11. The third-order valence-electron chi connectivity index (χ3n) is 4.11. The molecule has 0 atom stereocenters. The van der Waals surface area contributed by atoms with Crippen LogP contribution in [0.5, 0.6) is 0 Å². The van der Waals surface area contributed by atoms with E-state index < -0.39 is 0 Å². The smallest absolute Gasteiger partial charge is 0.191 e. The molecule has 1 saturated carbocycles. The molecular weight excluding hydrogens is 375 g/mol. The lowest BCUT2D eigenvalue weighted by Crippen LogP contribution is -2.42. The molecule has 0 bridgehead atoms. The van der Waals surface area contributed by atoms with Crippen LogP contribution in [0.3, 0.4) is 0 Å². The summed E-state index contributed by atoms with van der Waals surface area (Å²) in [5, 5.41) is 6.92. The predicted molar refractivity (Wildman–Crippen MR) is 104 cm³/mol. The lowest BCUT2D eigenvalue weighted by molar-refractivity contribution is 0.269. The highest BCUT2D eigenvalue weighted by molar-refractivity contribution is 14.0. The zero-order valence-corrected chi connectivity index (χ0v) is 16.7. The average molecular weight is 410 g/mol. The van der Waals surface area contributed by atoms with Crippen LogP contribution in [0.2, 0.25) is 0 Å². The lowest BCUT2D eigenvalue weighted by Gasteiger charge is -2.20. The van der Waals surface area contributed by atoms with Crippen LogP contribution >= 0.6 is 24.0 Å². The van der Waals surface area contributed by atoms with Crippen LogP contribution in [0.25, 0.3) is 0 Å². The first-order valence-electron chi connectivity index (χ1n) is 8.38. The van der Waals surface area contributed by atoms with Crippen molar-refractivity contribution in [2.75, 3.05) is 26.7 Å². The molecule has 1 aliphatic carbocycles. The number of rotatable bonds is 8. The van der Waals surface area contributed by atoms with E-state index in [1.165, 1.54) is 38.6 Å². The van der Waals surface area contributed by atoms with Crippen LogP contribution in [0, 0.1) is 0 Å². The highest BCUT2D eigenvalue weighted by atomic mass is 127. The Hall–Kier alpha value is -0.0400. The number of hydrogen-bond acceptors (Lipinski definition) is 2. The number of unbranched alkanes of at least 4 members (excludes halogenated alkanes) is 1. The van der Waals surface area contributed by atoms with Crippen molar-refractivity contribution < 1.29 is 0 Å². The van der Waals surface area contributed by atoms with Crippen molar-refractivity contribution in [1.82, 2.24) is 15.5 Å². The van der Waals surface area contributed by atoms with Gasteiger partial charge in [0.05, 0.1) is 0 Å². The molecule has 0 spiro atoms. The summed E-state index contributed by atoms with van der Waals surface area (Å²) in [6, 6.07) is 1.28. The fraction of sp³-hybridized carbons (Fsp3) is 0.938. The van der Waals surface area contributed by atoms with Crippen LogP contribution in [-0.2, 0) is 0 Å². The van der Waals surface area contributed by atoms with Crippen LogP contribution in [0.15, 0.2) is 4.99 Å². The summed E-state index contributed by atoms with van der Waals surface area (Å²) in [7, 11) is 2.19. The molecule has 4 nitrogen and oxygen atoms in total. The van der Waals surface area contributed by atoms with E-state index in [-0.39, 0.29) is 24.0 Å². The van der Waals surface area contributed by atoms with Crippen molar-refractivity contribution in [1.29, 1.82) is 0 Å². The number of aliphatic imine (C=N–C) groups is 1. The topological polar surface area (TPSA) is 39.7 Å². The van der Waals surface area contributed by atoms with Crippen molar-refractivity contribution >= 4 is 29.9 Å². The maximum atomic E-state index is 4.69. The second-order valence-electron chi connectivity index (χ2n) is 6.17. The van der Waals surface area contributed by atoms with Crippen LogP contribution < -0.4 is 10.6 Å². The van der Waals surface area contributed by atoms with Crippen LogP contribution in [0.1, 0.15) is 59.3 Å². The number of nitrogens with one attached hydrogen (secondary N) is 2. The molecule has 0 unspecified atom stereocenters. The standard InChI is InChI=1S/C16H34N4.HI/c1-5-17-16(19-15-10-6-7-11-15)18-12-8-9-13-20(4)14(2)3;/h14-15H,5-13H2,1-4H3,(H2,17,18,19);1H. The van der Waals surface area contributed by atoms with Crippen molar-refractivity contribution in [3.8, 4) is 0 Å². The molecular formula is C16H35IN4. The molecule has 0 radical (unpaired) electrons. The van der Waals surface area contributed by atoms with E-state index in [4.69, 9.17) is 4.99 Å². The molecule has 0 heterocycles. The Morgan fingerprint density at radius 1 is 1.24 bits per heavy atom. The molecule has 0 aromatic carbocycles. The maximum Gasteiger partial charge on any atom is 0.191 e. The first-order chi connectivity index (χ1) is 9.63. The second-order valence-corrected chi connectivity index (χ2v) is 6.17. The first-order valence-corrected chi connectivity index (χ1v) is 8.38. The van der Waals surface area contributed by atoms with Crippen molar-refractivity contribution in [2.45, 2.75) is 71.4 Å². The molecule has 1 aliphatic rings. The second kappa shape index (κ2) is 12.5. The summed E-state index contributed by atoms with van der Waals surface area (Å²) in [6.45, 7) is 9.64. The molecule has 1 rings (SSSR count). The van der Waals surface area contributed by atoms with Gasteiger partial charge in [-0.25, -0.2) is 0 Å². The normalized spacial score (nSPS) is 16.4. The third kappa shape index (κ3) is 9.55. The molecule has 126 valence electrons. The zero-order chi connectivity index (χ0) is 14.8. The van der Waals surface area contributed by atoms with Crippen molar-refractivity contribution in [3.63, 3.8) is 0 Å². The molecule has 21 heavy (non-hydrogen) atoms. The highest BCUT2D eigenvalue weighted by Gasteiger charge is 2.15. The Balaban J connectivity index is 0.00000400. The summed E-state index contributed by atoms with van der Waals surface area (Å²) in [6.07, 6.45) is 7.70. The Labute approximate surface area is 148 Å². The van der Waals surface area contributed by atoms with Gasteiger partial charge in [0.1, 0.15) is 0 Å². The van der Waals surface area contributed by atoms with Gasteiger partial charge in [0.2, 0.25) is 0 Å². The van der Waals surface area contributed by atoms with E-state index in [1.807, 2.05) is 0 Å². The van der Waals surface area contributed by atoms with Gasteiger partial charge >= 0.3 is 0 Å². The molecule has 0 saturated heterocycles. The number of guanidine groups is 1. The predicted octanol–water partition coefficient (Wildman–Crippen LogP) is 3.22. The van der Waals surface area contributed by atoms with Gasteiger partial charge < -0.3 is 15.5 Å². The highest BCUT2D eigenvalue weighted by Crippen LogP contribution is 2.17. The minimum atomic E-state index is 0. The maximum absolute atomic E-state index is 4.69. The van der Waals surface area contributed by atoms with Gasteiger partial charge in [0, 0.05) is 25.2 Å². The minimum absolute atomic E-state index is 0. The molecule has 0 amide bonds. The fourth-order valence-electron chi connectivity index (χ4n) is 2.51. The van der Waals surface area contributed by atoms with Crippen LogP contribution in [-0.4, -0.2) is 49.6 Å². The quantitative estimate of drug-likeness (QED) is 0.279. The number of halogens is 1. The minimum Gasteiger partial charge on any atom is -0.357 e. The van der Waals surface area contributed by atoms with E-state index in [0.717, 1.165) is 25.5 Å². The van der Waals surface area contributed by atoms with Crippen LogP contribution in [0.4, 0.5) is 0 Å². The number of hydrogen-bond donors (Lipinski definition) is 2. The summed E-state index contributed by atoms with van der Waals surface area (Å²) in [5.41, 5.74) is 0. The molecule has 0 aromatic heterocycles.